The average molecular weight is 450 g/mol. The highest BCUT2D eigenvalue weighted by Crippen LogP contribution is 2.31. The van der Waals surface area contributed by atoms with Crippen LogP contribution in [0.3, 0.4) is 0 Å². The number of fused-ring (bicyclic) bond motifs is 1. The number of carbonyl (C=O) groups excluding carboxylic acids is 1. The minimum absolute atomic E-state index is 0.314. The number of methoxy groups -OCH3 is 1. The second-order valence-electron chi connectivity index (χ2n) is 7.60. The van der Waals surface area contributed by atoms with Gasteiger partial charge >= 0.3 is 5.97 Å². The van der Waals surface area contributed by atoms with Gasteiger partial charge in [0.2, 0.25) is 0 Å². The fourth-order valence-corrected chi connectivity index (χ4v) is 3.79. The Morgan fingerprint density at radius 1 is 0.853 bits per heavy atom. The molecule has 168 valence electrons. The number of hydrogen-bond donors (Lipinski definition) is 0. The van der Waals surface area contributed by atoms with Crippen molar-refractivity contribution in [2.24, 2.45) is 0 Å². The lowest BCUT2D eigenvalue weighted by Crippen LogP contribution is -2.05. The number of rotatable bonds is 6. The van der Waals surface area contributed by atoms with Gasteiger partial charge in [-0.05, 0) is 55.0 Å². The van der Waals surface area contributed by atoms with Crippen LogP contribution in [-0.2, 0) is 4.74 Å². The third-order valence-corrected chi connectivity index (χ3v) is 5.47. The van der Waals surface area contributed by atoms with Crippen LogP contribution in [0.25, 0.3) is 39.4 Å². The molecule has 2 heterocycles. The van der Waals surface area contributed by atoms with Crippen molar-refractivity contribution in [1.29, 1.82) is 0 Å². The number of aromatic nitrogens is 4. The topological polar surface area (TPSA) is 78.6 Å². The molecule has 7 heteroatoms. The van der Waals surface area contributed by atoms with Gasteiger partial charge in [-0.25, -0.2) is 4.79 Å². The van der Waals surface area contributed by atoms with Crippen molar-refractivity contribution in [3.63, 3.8) is 0 Å². The van der Waals surface area contributed by atoms with Gasteiger partial charge in [-0.1, -0.05) is 42.5 Å². The van der Waals surface area contributed by atoms with Crippen LogP contribution in [0.4, 0.5) is 0 Å². The first kappa shape index (κ1) is 21.3. The van der Waals surface area contributed by atoms with Crippen LogP contribution in [0.15, 0.2) is 84.9 Å². The first-order valence-corrected chi connectivity index (χ1v) is 10.9. The normalized spacial score (nSPS) is 10.9. The van der Waals surface area contributed by atoms with E-state index in [1.165, 1.54) is 0 Å². The molecule has 0 unspecified atom stereocenters. The van der Waals surface area contributed by atoms with Crippen LogP contribution >= 0.6 is 0 Å². The van der Waals surface area contributed by atoms with Crippen molar-refractivity contribution < 1.29 is 14.3 Å². The van der Waals surface area contributed by atoms with E-state index in [9.17, 15) is 4.79 Å². The third-order valence-electron chi connectivity index (χ3n) is 5.47. The number of ether oxygens (including phenoxy) is 2. The van der Waals surface area contributed by atoms with Crippen molar-refractivity contribution in [2.75, 3.05) is 13.7 Å². The van der Waals surface area contributed by atoms with E-state index in [-0.39, 0.29) is 5.97 Å². The second kappa shape index (κ2) is 9.15. The van der Waals surface area contributed by atoms with Gasteiger partial charge in [0.05, 0.1) is 25.0 Å². The molecular weight excluding hydrogens is 428 g/mol. The highest BCUT2D eigenvalue weighted by atomic mass is 16.5. The molecule has 0 N–H and O–H groups in total. The summed E-state index contributed by atoms with van der Waals surface area (Å²) in [4.78, 5) is 12.4. The number of nitrogens with zero attached hydrogens (tertiary/aromatic N) is 4. The zero-order chi connectivity index (χ0) is 23.5. The van der Waals surface area contributed by atoms with E-state index >= 15 is 0 Å². The molecule has 5 rings (SSSR count). The SMILES string of the molecule is CCOC(=O)c1cccc(-c2cc(-c3ccc(OC)cc3)nn3c(-c4ccccc4)nnc23)c1. The summed E-state index contributed by atoms with van der Waals surface area (Å²) in [5.41, 5.74) is 5.25. The molecule has 0 spiro atoms. The van der Waals surface area contributed by atoms with Gasteiger partial charge in [0.15, 0.2) is 11.5 Å². The van der Waals surface area contributed by atoms with E-state index in [1.54, 1.807) is 24.6 Å². The first-order valence-electron chi connectivity index (χ1n) is 10.9. The first-order chi connectivity index (χ1) is 16.7. The van der Waals surface area contributed by atoms with Crippen LogP contribution in [0.5, 0.6) is 5.75 Å². The van der Waals surface area contributed by atoms with Gasteiger partial charge in [-0.2, -0.15) is 9.61 Å². The van der Waals surface area contributed by atoms with E-state index < -0.39 is 0 Å². The van der Waals surface area contributed by atoms with E-state index in [1.807, 2.05) is 78.9 Å². The van der Waals surface area contributed by atoms with Crippen molar-refractivity contribution in [3.05, 3.63) is 90.5 Å². The number of hydrogen-bond acceptors (Lipinski definition) is 6. The van der Waals surface area contributed by atoms with E-state index in [0.717, 1.165) is 33.7 Å². The lowest BCUT2D eigenvalue weighted by Gasteiger charge is -2.10. The summed E-state index contributed by atoms with van der Waals surface area (Å²) in [5, 5.41) is 13.8. The summed E-state index contributed by atoms with van der Waals surface area (Å²) in [6.07, 6.45) is 0. The maximum Gasteiger partial charge on any atom is 0.338 e. The molecule has 2 aromatic heterocycles. The second-order valence-corrected chi connectivity index (χ2v) is 7.60. The van der Waals surface area contributed by atoms with Crippen molar-refractivity contribution in [3.8, 4) is 39.5 Å². The van der Waals surface area contributed by atoms with Gasteiger partial charge < -0.3 is 9.47 Å². The highest BCUT2D eigenvalue weighted by Gasteiger charge is 2.18. The summed E-state index contributed by atoms with van der Waals surface area (Å²) in [5.74, 6) is 1.03. The number of carbonyl (C=O) groups is 1. The van der Waals surface area contributed by atoms with E-state index in [0.29, 0.717) is 23.6 Å². The summed E-state index contributed by atoms with van der Waals surface area (Å²) >= 11 is 0. The smallest absolute Gasteiger partial charge is 0.338 e. The van der Waals surface area contributed by atoms with Crippen LogP contribution in [0.2, 0.25) is 0 Å². The predicted octanol–water partition coefficient (Wildman–Crippen LogP) is 5.31. The largest absolute Gasteiger partial charge is 0.497 e. The highest BCUT2D eigenvalue weighted by molar-refractivity contribution is 5.92. The molecule has 3 aromatic carbocycles. The van der Waals surface area contributed by atoms with Crippen LogP contribution < -0.4 is 4.74 Å². The summed E-state index contributed by atoms with van der Waals surface area (Å²) < 4.78 is 12.2. The minimum Gasteiger partial charge on any atom is -0.497 e. The van der Waals surface area contributed by atoms with Crippen LogP contribution in [0, 0.1) is 0 Å². The zero-order valence-corrected chi connectivity index (χ0v) is 18.8. The van der Waals surface area contributed by atoms with E-state index in [2.05, 4.69) is 10.2 Å². The monoisotopic (exact) mass is 450 g/mol. The van der Waals surface area contributed by atoms with Gasteiger partial charge in [0.1, 0.15) is 5.75 Å². The quantitative estimate of drug-likeness (QED) is 0.326. The summed E-state index contributed by atoms with van der Waals surface area (Å²) in [6.45, 7) is 2.10. The van der Waals surface area contributed by atoms with Gasteiger partial charge in [-0.15, -0.1) is 10.2 Å². The molecule has 0 amide bonds. The van der Waals surface area contributed by atoms with Crippen molar-refractivity contribution in [1.82, 2.24) is 19.8 Å². The fourth-order valence-electron chi connectivity index (χ4n) is 3.79. The van der Waals surface area contributed by atoms with E-state index in [4.69, 9.17) is 14.6 Å². The molecule has 0 bridgehead atoms. The Kier molecular flexibility index (Phi) is 5.74. The Morgan fingerprint density at radius 3 is 2.35 bits per heavy atom. The molecule has 7 nitrogen and oxygen atoms in total. The molecule has 0 aliphatic heterocycles. The third kappa shape index (κ3) is 3.99. The molecule has 0 saturated heterocycles. The Bertz CT molecular complexity index is 1460. The molecule has 0 fully saturated rings. The Hall–Kier alpha value is -4.52. The number of esters is 1. The molecule has 0 aliphatic carbocycles. The standard InChI is InChI=1S/C27H22N4O3/c1-3-34-27(32)21-11-7-10-20(16-21)23-17-24(18-12-14-22(33-2)15-13-18)30-31-25(28-29-26(23)31)19-8-5-4-6-9-19/h4-17H,3H2,1-2H3. The maximum atomic E-state index is 12.4. The van der Waals surface area contributed by atoms with Gasteiger partial charge in [-0.3, -0.25) is 0 Å². The fraction of sp³-hybridized carbons (Fsp3) is 0.111. The average Bonchev–Trinajstić information content (AvgIpc) is 3.33. The number of benzene rings is 3. The molecule has 0 saturated carbocycles. The molecule has 0 atom stereocenters. The zero-order valence-electron chi connectivity index (χ0n) is 18.8. The maximum absolute atomic E-state index is 12.4. The molecule has 0 radical (unpaired) electrons. The predicted molar refractivity (Wildman–Crippen MR) is 130 cm³/mol. The minimum atomic E-state index is -0.365. The Labute approximate surface area is 196 Å². The lowest BCUT2D eigenvalue weighted by atomic mass is 10.0. The molecule has 5 aromatic rings. The summed E-state index contributed by atoms with van der Waals surface area (Å²) in [6, 6.07) is 26.8. The lowest BCUT2D eigenvalue weighted by molar-refractivity contribution is 0.0526. The van der Waals surface area contributed by atoms with Gasteiger partial charge in [0.25, 0.3) is 0 Å². The summed E-state index contributed by atoms with van der Waals surface area (Å²) in [7, 11) is 1.64. The molecule has 0 aliphatic rings. The molecular formula is C27H22N4O3. The van der Waals surface area contributed by atoms with Gasteiger partial charge in [0, 0.05) is 16.7 Å². The van der Waals surface area contributed by atoms with Crippen LogP contribution in [-0.4, -0.2) is 39.5 Å². The van der Waals surface area contributed by atoms with Crippen molar-refractivity contribution >= 4 is 11.6 Å². The molecule has 34 heavy (non-hydrogen) atoms. The Morgan fingerprint density at radius 2 is 1.62 bits per heavy atom. The Balaban J connectivity index is 1.73. The van der Waals surface area contributed by atoms with Crippen LogP contribution in [0.1, 0.15) is 17.3 Å². The van der Waals surface area contributed by atoms with Crippen molar-refractivity contribution in [2.45, 2.75) is 6.92 Å².